The fraction of sp³-hybridized carbons (Fsp3) is 0.611. The molecule has 0 spiro atoms. The van der Waals surface area contributed by atoms with Crippen molar-refractivity contribution in [2.24, 2.45) is 5.92 Å². The van der Waals surface area contributed by atoms with Crippen LogP contribution in [0.2, 0.25) is 5.02 Å². The van der Waals surface area contributed by atoms with Crippen molar-refractivity contribution in [2.45, 2.75) is 56.4 Å². The SMILES string of the molecule is C[C@@H]1CCCC[C@@H]1NC(=O)c1ccc(Cl)c(S(=O)(=O)N2CCCC2)c1. The Morgan fingerprint density at radius 2 is 1.84 bits per heavy atom. The molecule has 1 N–H and O–H groups in total. The van der Waals surface area contributed by atoms with Crippen molar-refractivity contribution in [3.05, 3.63) is 28.8 Å². The Kier molecular flexibility index (Phi) is 5.71. The predicted molar refractivity (Wildman–Crippen MR) is 98.3 cm³/mol. The van der Waals surface area contributed by atoms with Gasteiger partial charge in [0.15, 0.2) is 0 Å². The van der Waals surface area contributed by atoms with Gasteiger partial charge >= 0.3 is 0 Å². The molecule has 0 radical (unpaired) electrons. The largest absolute Gasteiger partial charge is 0.349 e. The highest BCUT2D eigenvalue weighted by Crippen LogP contribution is 2.29. The zero-order valence-corrected chi connectivity index (χ0v) is 16.1. The number of sulfonamides is 1. The van der Waals surface area contributed by atoms with Crippen molar-refractivity contribution in [2.75, 3.05) is 13.1 Å². The Morgan fingerprint density at radius 1 is 1.16 bits per heavy atom. The summed E-state index contributed by atoms with van der Waals surface area (Å²) in [5.41, 5.74) is 0.347. The van der Waals surface area contributed by atoms with Crippen LogP contribution in [0.3, 0.4) is 0 Å². The lowest BCUT2D eigenvalue weighted by atomic mass is 9.86. The Labute approximate surface area is 154 Å². The highest BCUT2D eigenvalue weighted by atomic mass is 35.5. The van der Waals surface area contributed by atoms with Gasteiger partial charge in [-0.2, -0.15) is 4.31 Å². The summed E-state index contributed by atoms with van der Waals surface area (Å²) in [7, 11) is -3.65. The number of benzene rings is 1. The molecule has 1 heterocycles. The summed E-state index contributed by atoms with van der Waals surface area (Å²) >= 11 is 6.14. The second-order valence-electron chi connectivity index (χ2n) is 7.10. The zero-order chi connectivity index (χ0) is 18.0. The molecular weight excluding hydrogens is 360 g/mol. The molecule has 1 amide bonds. The van der Waals surface area contributed by atoms with Gasteiger partial charge in [-0.3, -0.25) is 4.79 Å². The van der Waals surface area contributed by atoms with Gasteiger partial charge in [-0.15, -0.1) is 0 Å². The molecule has 1 aliphatic carbocycles. The van der Waals surface area contributed by atoms with Crippen molar-refractivity contribution >= 4 is 27.5 Å². The number of nitrogens with zero attached hydrogens (tertiary/aromatic N) is 1. The number of carbonyl (C=O) groups is 1. The Balaban J connectivity index is 1.82. The van der Waals surface area contributed by atoms with Gasteiger partial charge in [0.25, 0.3) is 5.91 Å². The van der Waals surface area contributed by atoms with E-state index in [9.17, 15) is 13.2 Å². The van der Waals surface area contributed by atoms with Crippen molar-refractivity contribution in [3.63, 3.8) is 0 Å². The van der Waals surface area contributed by atoms with Crippen molar-refractivity contribution < 1.29 is 13.2 Å². The third-order valence-electron chi connectivity index (χ3n) is 5.30. The molecule has 138 valence electrons. The molecule has 2 atom stereocenters. The van der Waals surface area contributed by atoms with Gasteiger partial charge in [-0.05, 0) is 49.8 Å². The molecular formula is C18H25ClN2O3S. The molecule has 2 fully saturated rings. The van der Waals surface area contributed by atoms with E-state index in [0.717, 1.165) is 32.1 Å². The van der Waals surface area contributed by atoms with Crippen LogP contribution in [0.15, 0.2) is 23.1 Å². The van der Waals surface area contributed by atoms with Gasteiger partial charge in [0.05, 0.1) is 5.02 Å². The smallest absolute Gasteiger partial charge is 0.251 e. The summed E-state index contributed by atoms with van der Waals surface area (Å²) in [6.07, 6.45) is 6.12. The minimum absolute atomic E-state index is 0.0282. The molecule has 1 aliphatic heterocycles. The summed E-state index contributed by atoms with van der Waals surface area (Å²) in [4.78, 5) is 12.6. The lowest BCUT2D eigenvalue weighted by Gasteiger charge is -2.29. The van der Waals surface area contributed by atoms with E-state index < -0.39 is 10.0 Å². The van der Waals surface area contributed by atoms with Crippen LogP contribution in [0, 0.1) is 5.92 Å². The van der Waals surface area contributed by atoms with E-state index in [4.69, 9.17) is 11.6 Å². The van der Waals surface area contributed by atoms with Crippen molar-refractivity contribution in [3.8, 4) is 0 Å². The lowest BCUT2D eigenvalue weighted by Crippen LogP contribution is -2.41. The number of nitrogens with one attached hydrogen (secondary N) is 1. The summed E-state index contributed by atoms with van der Waals surface area (Å²) in [6, 6.07) is 4.66. The maximum absolute atomic E-state index is 12.8. The highest BCUT2D eigenvalue weighted by Gasteiger charge is 2.30. The number of amides is 1. The number of carbonyl (C=O) groups excluding carboxylic acids is 1. The van der Waals surface area contributed by atoms with Crippen LogP contribution >= 0.6 is 11.6 Å². The minimum Gasteiger partial charge on any atom is -0.349 e. The minimum atomic E-state index is -3.65. The van der Waals surface area contributed by atoms with Crippen LogP contribution in [-0.2, 0) is 10.0 Å². The van der Waals surface area contributed by atoms with Gasteiger partial charge in [0, 0.05) is 24.7 Å². The molecule has 3 rings (SSSR count). The number of rotatable bonds is 4. The lowest BCUT2D eigenvalue weighted by molar-refractivity contribution is 0.0910. The molecule has 7 heteroatoms. The van der Waals surface area contributed by atoms with Crippen molar-refractivity contribution in [1.82, 2.24) is 9.62 Å². The third-order valence-corrected chi connectivity index (χ3v) is 7.68. The van der Waals surface area contributed by atoms with E-state index in [-0.39, 0.29) is 21.9 Å². The van der Waals surface area contributed by atoms with Gasteiger partial charge < -0.3 is 5.32 Å². The normalized spacial score (nSPS) is 25.0. The van der Waals surface area contributed by atoms with Crippen LogP contribution in [0.1, 0.15) is 55.8 Å². The molecule has 2 aliphatic rings. The van der Waals surface area contributed by atoms with E-state index in [2.05, 4.69) is 12.2 Å². The van der Waals surface area contributed by atoms with Crippen LogP contribution in [0.5, 0.6) is 0 Å². The first kappa shape index (κ1) is 18.7. The summed E-state index contributed by atoms with van der Waals surface area (Å²) in [5.74, 6) is 0.214. The number of hydrogen-bond donors (Lipinski definition) is 1. The Hall–Kier alpha value is -1.11. The Morgan fingerprint density at radius 3 is 2.52 bits per heavy atom. The van der Waals surface area contributed by atoms with E-state index >= 15 is 0 Å². The van der Waals surface area contributed by atoms with E-state index in [1.807, 2.05) is 0 Å². The van der Waals surface area contributed by atoms with Gasteiger partial charge in [-0.1, -0.05) is 31.4 Å². The molecule has 0 unspecified atom stereocenters. The van der Waals surface area contributed by atoms with Crippen LogP contribution in [0.25, 0.3) is 0 Å². The van der Waals surface area contributed by atoms with Crippen LogP contribution in [-0.4, -0.2) is 37.8 Å². The predicted octanol–water partition coefficient (Wildman–Crippen LogP) is 3.43. The molecule has 1 aromatic rings. The van der Waals surface area contributed by atoms with Gasteiger partial charge in [-0.25, -0.2) is 8.42 Å². The second-order valence-corrected chi connectivity index (χ2v) is 9.41. The van der Waals surface area contributed by atoms with Crippen molar-refractivity contribution in [1.29, 1.82) is 0 Å². The zero-order valence-electron chi connectivity index (χ0n) is 14.5. The average molecular weight is 385 g/mol. The first-order valence-corrected chi connectivity index (χ1v) is 10.8. The molecule has 1 saturated carbocycles. The van der Waals surface area contributed by atoms with E-state index in [0.29, 0.717) is 24.6 Å². The summed E-state index contributed by atoms with van der Waals surface area (Å²) in [6.45, 7) is 3.17. The molecule has 25 heavy (non-hydrogen) atoms. The quantitative estimate of drug-likeness (QED) is 0.864. The molecule has 1 saturated heterocycles. The monoisotopic (exact) mass is 384 g/mol. The van der Waals surface area contributed by atoms with Crippen LogP contribution in [0.4, 0.5) is 0 Å². The number of hydrogen-bond acceptors (Lipinski definition) is 3. The highest BCUT2D eigenvalue weighted by molar-refractivity contribution is 7.89. The molecule has 0 bridgehead atoms. The average Bonchev–Trinajstić information content (AvgIpc) is 3.12. The molecule has 0 aromatic heterocycles. The summed E-state index contributed by atoms with van der Waals surface area (Å²) < 4.78 is 27.0. The fourth-order valence-electron chi connectivity index (χ4n) is 3.69. The van der Waals surface area contributed by atoms with E-state index in [1.54, 1.807) is 6.07 Å². The molecule has 1 aromatic carbocycles. The topological polar surface area (TPSA) is 66.5 Å². The second kappa shape index (κ2) is 7.64. The fourth-order valence-corrected chi connectivity index (χ4v) is 5.71. The van der Waals surface area contributed by atoms with Gasteiger partial charge in [0.2, 0.25) is 10.0 Å². The summed E-state index contributed by atoms with van der Waals surface area (Å²) in [5, 5.41) is 3.22. The number of halogens is 1. The Bertz CT molecular complexity index is 745. The van der Waals surface area contributed by atoms with Gasteiger partial charge in [0.1, 0.15) is 4.90 Å². The van der Waals surface area contributed by atoms with Crippen LogP contribution < -0.4 is 5.32 Å². The van der Waals surface area contributed by atoms with E-state index in [1.165, 1.54) is 22.9 Å². The third kappa shape index (κ3) is 4.01. The molecule has 5 nitrogen and oxygen atoms in total. The standard InChI is InChI=1S/C18H25ClN2O3S/c1-13-6-2-3-7-16(13)20-18(22)14-8-9-15(19)17(12-14)25(23,24)21-10-4-5-11-21/h8-9,12-13,16H,2-7,10-11H2,1H3,(H,20,22)/t13-,16+/m1/s1. The maximum atomic E-state index is 12.8. The first-order valence-electron chi connectivity index (χ1n) is 9.00. The maximum Gasteiger partial charge on any atom is 0.251 e. The first-order chi connectivity index (χ1) is 11.9.